The van der Waals surface area contributed by atoms with E-state index in [-0.39, 0.29) is 0 Å². The minimum absolute atomic E-state index is 0.671. The molecule has 0 amide bonds. The van der Waals surface area contributed by atoms with E-state index >= 15 is 0 Å². The largest absolute Gasteiger partial charge is 0.245 e. The summed E-state index contributed by atoms with van der Waals surface area (Å²) < 4.78 is 2.62. The summed E-state index contributed by atoms with van der Waals surface area (Å²) in [5, 5.41) is 0. The Hall–Kier alpha value is -1.51. The second kappa shape index (κ2) is 8.93. The molecule has 30 heavy (non-hydrogen) atoms. The normalized spacial score (nSPS) is 17.6. The van der Waals surface area contributed by atoms with Crippen LogP contribution in [0.5, 0.6) is 0 Å². The van der Waals surface area contributed by atoms with Gasteiger partial charge in [0.05, 0.1) is 0 Å². The Morgan fingerprint density at radius 2 is 1.83 bits per heavy atom. The lowest BCUT2D eigenvalue weighted by molar-refractivity contribution is -0.00156. The fourth-order valence-electron chi connectivity index (χ4n) is 5.07. The van der Waals surface area contributed by atoms with Crippen molar-refractivity contribution in [3.05, 3.63) is 59.2 Å². The zero-order valence-corrected chi connectivity index (χ0v) is 20.1. The number of hydrogen-bond donors (Lipinski definition) is 0. The number of rotatable bonds is 8. The predicted octanol–water partition coefficient (Wildman–Crippen LogP) is 8.23. The molecule has 1 aliphatic heterocycles. The average molecular weight is 420 g/mol. The Morgan fingerprint density at radius 3 is 2.47 bits per heavy atom. The van der Waals surface area contributed by atoms with E-state index < -0.39 is 0 Å². The Kier molecular flexibility index (Phi) is 6.46. The first-order chi connectivity index (χ1) is 14.4. The first-order valence-electron chi connectivity index (χ1n) is 11.7. The summed E-state index contributed by atoms with van der Waals surface area (Å²) in [4.78, 5) is 1.51. The van der Waals surface area contributed by atoms with Crippen LogP contribution in [0.3, 0.4) is 0 Å². The van der Waals surface area contributed by atoms with Crippen LogP contribution in [0.4, 0.5) is 0 Å². The van der Waals surface area contributed by atoms with Crippen LogP contribution in [0.1, 0.15) is 74.6 Å². The molecule has 0 unspecified atom stereocenters. The van der Waals surface area contributed by atoms with Crippen molar-refractivity contribution in [2.24, 2.45) is 5.41 Å². The van der Waals surface area contributed by atoms with Crippen LogP contribution in [0.15, 0.2) is 41.8 Å². The Morgan fingerprint density at radius 1 is 1.07 bits per heavy atom. The predicted molar refractivity (Wildman–Crippen MR) is 133 cm³/mol. The minimum atomic E-state index is 0.671. The number of unbranched alkanes of at least 4 members (excludes halogenated alkanes) is 2. The van der Waals surface area contributed by atoms with E-state index in [1.807, 2.05) is 11.9 Å². The van der Waals surface area contributed by atoms with E-state index in [1.54, 1.807) is 0 Å². The molecular formula is C28H37NS. The zero-order valence-electron chi connectivity index (χ0n) is 19.3. The van der Waals surface area contributed by atoms with E-state index in [0.29, 0.717) is 5.41 Å². The van der Waals surface area contributed by atoms with Gasteiger partial charge in [-0.2, -0.15) is 0 Å². The Bertz CT molecular complexity index is 930. The number of nitrogens with zero attached hydrogens (tertiary/aromatic N) is 1. The van der Waals surface area contributed by atoms with Crippen molar-refractivity contribution in [3.63, 3.8) is 0 Å². The van der Waals surface area contributed by atoms with Crippen LogP contribution in [0.25, 0.3) is 16.7 Å². The molecule has 2 aromatic rings. The molecule has 1 heterocycles. The van der Waals surface area contributed by atoms with Gasteiger partial charge < -0.3 is 0 Å². The highest BCUT2D eigenvalue weighted by atomic mass is 32.2. The van der Waals surface area contributed by atoms with Crippen LogP contribution in [-0.4, -0.2) is 17.4 Å². The van der Waals surface area contributed by atoms with Gasteiger partial charge in [0.15, 0.2) is 0 Å². The quantitative estimate of drug-likeness (QED) is 0.313. The number of benzene rings is 2. The van der Waals surface area contributed by atoms with Crippen molar-refractivity contribution in [1.82, 2.24) is 4.31 Å². The van der Waals surface area contributed by atoms with Gasteiger partial charge in [0.25, 0.3) is 0 Å². The Labute approximate surface area is 188 Å². The number of allylic oxidation sites excluding steroid dienone is 1. The van der Waals surface area contributed by atoms with Crippen molar-refractivity contribution in [1.29, 1.82) is 0 Å². The summed E-state index contributed by atoms with van der Waals surface area (Å²) in [5.74, 6) is 0. The fraction of sp³-hybridized carbons (Fsp3) is 0.500. The molecule has 0 aromatic heterocycles. The van der Waals surface area contributed by atoms with Gasteiger partial charge in [0, 0.05) is 18.0 Å². The molecule has 2 aromatic carbocycles. The van der Waals surface area contributed by atoms with E-state index in [4.69, 9.17) is 0 Å². The molecule has 1 spiro atoms. The summed E-state index contributed by atoms with van der Waals surface area (Å²) >= 11 is 2.03. The van der Waals surface area contributed by atoms with Gasteiger partial charge >= 0.3 is 0 Å². The van der Waals surface area contributed by atoms with Crippen molar-refractivity contribution < 1.29 is 0 Å². The molecule has 1 saturated carbocycles. The van der Waals surface area contributed by atoms with Gasteiger partial charge in [-0.25, -0.2) is 4.31 Å². The highest BCUT2D eigenvalue weighted by molar-refractivity contribution is 7.97. The Balaban J connectivity index is 1.69. The maximum absolute atomic E-state index is 4.25. The molecule has 0 bridgehead atoms. The monoisotopic (exact) mass is 419 g/mol. The van der Waals surface area contributed by atoms with Crippen molar-refractivity contribution in [2.45, 2.75) is 77.5 Å². The van der Waals surface area contributed by atoms with Gasteiger partial charge in [-0.05, 0) is 91.6 Å². The van der Waals surface area contributed by atoms with E-state index in [9.17, 15) is 0 Å². The molecular weight excluding hydrogens is 382 g/mol. The number of aryl methyl sites for hydroxylation is 2. The molecule has 2 aliphatic rings. The van der Waals surface area contributed by atoms with Gasteiger partial charge in [0.2, 0.25) is 0 Å². The highest BCUT2D eigenvalue weighted by Crippen LogP contribution is 2.52. The molecule has 2 heteroatoms. The molecule has 0 radical (unpaired) electrons. The lowest BCUT2D eigenvalue weighted by Gasteiger charge is -2.55. The molecule has 160 valence electrons. The molecule has 0 atom stereocenters. The first-order valence-corrected chi connectivity index (χ1v) is 12.5. The topological polar surface area (TPSA) is 3.24 Å². The van der Waals surface area contributed by atoms with Crippen LogP contribution in [0, 0.1) is 19.3 Å². The smallest absolute Gasteiger partial charge is 0.0297 e. The molecule has 1 saturated heterocycles. The summed E-state index contributed by atoms with van der Waals surface area (Å²) in [7, 11) is 0. The van der Waals surface area contributed by atoms with Gasteiger partial charge in [0.1, 0.15) is 0 Å². The van der Waals surface area contributed by atoms with Gasteiger partial charge in [-0.15, -0.1) is 0 Å². The lowest BCUT2D eigenvalue weighted by Crippen LogP contribution is -2.56. The standard InChI is InChI=1S/C28H37NS/c1-6-7-8-10-23-12-14-25(26-17-21(4)11-13-24(26)20(2)3)22(5)27(23)30-29-18-28(19-29)15-9-16-28/h11-14,17H,2,6-10,15-16,18-19H2,1,3-5H3. The maximum atomic E-state index is 4.25. The van der Waals surface area contributed by atoms with Gasteiger partial charge in [-0.3, -0.25) is 0 Å². The molecule has 1 aliphatic carbocycles. The first kappa shape index (κ1) is 21.7. The SMILES string of the molecule is C=C(C)c1ccc(C)cc1-c1ccc(CCCCC)c(SN2CC3(CCC3)C2)c1C. The van der Waals surface area contributed by atoms with Crippen molar-refractivity contribution >= 4 is 17.5 Å². The third-order valence-corrected chi connectivity index (χ3v) is 8.39. The van der Waals surface area contributed by atoms with Crippen LogP contribution in [0.2, 0.25) is 0 Å². The third-order valence-electron chi connectivity index (χ3n) is 7.12. The van der Waals surface area contributed by atoms with E-state index in [1.165, 1.54) is 96.3 Å². The molecule has 0 N–H and O–H groups in total. The fourth-order valence-corrected chi connectivity index (χ4v) is 6.54. The van der Waals surface area contributed by atoms with Crippen molar-refractivity contribution in [3.8, 4) is 11.1 Å². The summed E-state index contributed by atoms with van der Waals surface area (Å²) in [6, 6.07) is 11.6. The minimum Gasteiger partial charge on any atom is -0.245 e. The molecule has 2 fully saturated rings. The second-order valence-corrected chi connectivity index (χ2v) is 10.9. The van der Waals surface area contributed by atoms with Crippen LogP contribution >= 0.6 is 11.9 Å². The molecule has 4 rings (SSSR count). The molecule has 1 nitrogen and oxygen atoms in total. The summed E-state index contributed by atoms with van der Waals surface area (Å²) in [5.41, 5.74) is 10.1. The second-order valence-electron chi connectivity index (χ2n) is 9.76. The highest BCUT2D eigenvalue weighted by Gasteiger charge is 2.47. The van der Waals surface area contributed by atoms with E-state index in [2.05, 4.69) is 68.9 Å². The number of hydrogen-bond acceptors (Lipinski definition) is 2. The van der Waals surface area contributed by atoms with Crippen LogP contribution in [-0.2, 0) is 6.42 Å². The average Bonchev–Trinajstić information content (AvgIpc) is 2.64. The lowest BCUT2D eigenvalue weighted by atomic mass is 9.65. The van der Waals surface area contributed by atoms with Crippen LogP contribution < -0.4 is 0 Å². The van der Waals surface area contributed by atoms with Crippen molar-refractivity contribution in [2.75, 3.05) is 13.1 Å². The summed E-state index contributed by atoms with van der Waals surface area (Å²) in [6.07, 6.45) is 9.39. The summed E-state index contributed by atoms with van der Waals surface area (Å²) in [6.45, 7) is 15.7. The third kappa shape index (κ3) is 4.27. The van der Waals surface area contributed by atoms with Gasteiger partial charge in [-0.1, -0.05) is 74.2 Å². The maximum Gasteiger partial charge on any atom is 0.0297 e. The zero-order chi connectivity index (χ0) is 21.3. The van der Waals surface area contributed by atoms with E-state index in [0.717, 1.165) is 5.57 Å².